The molecule has 0 aliphatic heterocycles. The minimum atomic E-state index is 0.0661. The van der Waals surface area contributed by atoms with E-state index in [0.717, 1.165) is 31.9 Å². The molecule has 0 saturated heterocycles. The number of pyridine rings is 1. The van der Waals surface area contributed by atoms with Crippen LogP contribution in [-0.4, -0.2) is 23.5 Å². The highest BCUT2D eigenvalue weighted by molar-refractivity contribution is 6.17. The molecule has 17 heavy (non-hydrogen) atoms. The highest BCUT2D eigenvalue weighted by atomic mass is 35.5. The van der Waals surface area contributed by atoms with Gasteiger partial charge in [0, 0.05) is 31.2 Å². The van der Waals surface area contributed by atoms with Crippen LogP contribution in [0.1, 0.15) is 25.7 Å². The van der Waals surface area contributed by atoms with Crippen molar-refractivity contribution in [1.29, 1.82) is 0 Å². The summed E-state index contributed by atoms with van der Waals surface area (Å²) in [5, 5.41) is 3.35. The summed E-state index contributed by atoms with van der Waals surface area (Å²) in [5.74, 6) is 0.768. The summed E-state index contributed by atoms with van der Waals surface area (Å²) in [5.41, 5.74) is 0.0661. The molecule has 0 aromatic carbocycles. The minimum Gasteiger partial charge on any atom is -0.315 e. The fourth-order valence-electron chi connectivity index (χ4n) is 1.67. The van der Waals surface area contributed by atoms with Crippen LogP contribution in [0.2, 0.25) is 0 Å². The Morgan fingerprint density at radius 2 is 1.94 bits per heavy atom. The predicted octanol–water partition coefficient (Wildman–Crippen LogP) is 2.24. The smallest absolute Gasteiger partial charge is 0.250 e. The largest absolute Gasteiger partial charge is 0.315 e. The Labute approximate surface area is 108 Å². The summed E-state index contributed by atoms with van der Waals surface area (Å²) in [6.07, 6.45) is 6.56. The molecular weight excluding hydrogens is 236 g/mol. The molecule has 3 nitrogen and oxygen atoms in total. The van der Waals surface area contributed by atoms with Crippen LogP contribution in [0.3, 0.4) is 0 Å². The Hall–Kier alpha value is -0.800. The lowest BCUT2D eigenvalue weighted by molar-refractivity contribution is 0.555. The van der Waals surface area contributed by atoms with E-state index in [1.807, 2.05) is 12.3 Å². The Balaban J connectivity index is 2.01. The minimum absolute atomic E-state index is 0.0661. The van der Waals surface area contributed by atoms with Crippen molar-refractivity contribution in [3.8, 4) is 0 Å². The molecule has 4 heteroatoms. The zero-order chi connectivity index (χ0) is 12.3. The molecular formula is C13H21ClN2O. The standard InChI is InChI=1S/C13H21ClN2O/c14-8-4-1-2-5-9-15-10-12-16-11-6-3-7-13(16)17/h3,6-7,11,15H,1-2,4-5,8-10,12H2. The third kappa shape index (κ3) is 6.49. The topological polar surface area (TPSA) is 34.0 Å². The first-order valence-electron chi connectivity index (χ1n) is 6.27. The van der Waals surface area contributed by atoms with Gasteiger partial charge in [0.25, 0.3) is 5.56 Å². The van der Waals surface area contributed by atoms with Gasteiger partial charge in [0.15, 0.2) is 0 Å². The maximum absolute atomic E-state index is 11.4. The monoisotopic (exact) mass is 256 g/mol. The third-order valence-corrected chi connectivity index (χ3v) is 2.93. The van der Waals surface area contributed by atoms with E-state index < -0.39 is 0 Å². The van der Waals surface area contributed by atoms with Crippen molar-refractivity contribution in [3.05, 3.63) is 34.7 Å². The number of alkyl halides is 1. The Morgan fingerprint density at radius 1 is 1.12 bits per heavy atom. The Bertz CT molecular complexity index is 351. The molecule has 1 heterocycles. The number of halogens is 1. The van der Waals surface area contributed by atoms with Gasteiger partial charge >= 0.3 is 0 Å². The third-order valence-electron chi connectivity index (χ3n) is 2.67. The molecule has 0 fully saturated rings. The number of nitrogens with zero attached hydrogens (tertiary/aromatic N) is 1. The lowest BCUT2D eigenvalue weighted by atomic mass is 10.2. The van der Waals surface area contributed by atoms with Gasteiger partial charge in [0.1, 0.15) is 0 Å². The van der Waals surface area contributed by atoms with E-state index in [4.69, 9.17) is 11.6 Å². The van der Waals surface area contributed by atoms with Gasteiger partial charge in [-0.2, -0.15) is 0 Å². The van der Waals surface area contributed by atoms with E-state index in [2.05, 4.69) is 5.32 Å². The SMILES string of the molecule is O=c1ccccn1CCNCCCCCCCl. The van der Waals surface area contributed by atoms with Crippen LogP contribution < -0.4 is 10.9 Å². The fourth-order valence-corrected chi connectivity index (χ4v) is 1.86. The van der Waals surface area contributed by atoms with Crippen molar-refractivity contribution >= 4 is 11.6 Å². The van der Waals surface area contributed by atoms with E-state index in [9.17, 15) is 4.79 Å². The quantitative estimate of drug-likeness (QED) is 0.543. The predicted molar refractivity (Wildman–Crippen MR) is 72.8 cm³/mol. The second kappa shape index (κ2) is 9.25. The van der Waals surface area contributed by atoms with Gasteiger partial charge in [-0.05, 0) is 25.5 Å². The number of aromatic nitrogens is 1. The van der Waals surface area contributed by atoms with Gasteiger partial charge in [-0.15, -0.1) is 11.6 Å². The normalized spacial score (nSPS) is 10.6. The van der Waals surface area contributed by atoms with Crippen LogP contribution in [0.5, 0.6) is 0 Å². The maximum atomic E-state index is 11.4. The van der Waals surface area contributed by atoms with Crippen molar-refractivity contribution in [2.75, 3.05) is 19.0 Å². The van der Waals surface area contributed by atoms with Crippen molar-refractivity contribution in [2.45, 2.75) is 32.2 Å². The van der Waals surface area contributed by atoms with Crippen molar-refractivity contribution < 1.29 is 0 Å². The molecule has 0 radical (unpaired) electrons. The number of unbranched alkanes of at least 4 members (excludes halogenated alkanes) is 3. The highest BCUT2D eigenvalue weighted by Gasteiger charge is 1.93. The zero-order valence-corrected chi connectivity index (χ0v) is 11.0. The van der Waals surface area contributed by atoms with Crippen LogP contribution in [0.25, 0.3) is 0 Å². The summed E-state index contributed by atoms with van der Waals surface area (Å²) < 4.78 is 1.72. The molecule has 0 aliphatic carbocycles. The first-order chi connectivity index (χ1) is 8.34. The van der Waals surface area contributed by atoms with Gasteiger partial charge in [-0.1, -0.05) is 18.9 Å². The van der Waals surface area contributed by atoms with Crippen molar-refractivity contribution in [3.63, 3.8) is 0 Å². The van der Waals surface area contributed by atoms with Crippen LogP contribution in [0.4, 0.5) is 0 Å². The van der Waals surface area contributed by atoms with E-state index in [0.29, 0.717) is 0 Å². The summed E-state index contributed by atoms with van der Waals surface area (Å²) in [6, 6.07) is 5.24. The molecule has 0 bridgehead atoms. The van der Waals surface area contributed by atoms with Crippen LogP contribution in [-0.2, 0) is 6.54 Å². The molecule has 96 valence electrons. The fraction of sp³-hybridized carbons (Fsp3) is 0.615. The second-order valence-corrected chi connectivity index (χ2v) is 4.46. The van der Waals surface area contributed by atoms with Gasteiger partial charge in [0.2, 0.25) is 0 Å². The van der Waals surface area contributed by atoms with Gasteiger partial charge < -0.3 is 9.88 Å². The molecule has 1 N–H and O–H groups in total. The number of hydrogen-bond acceptors (Lipinski definition) is 2. The maximum Gasteiger partial charge on any atom is 0.250 e. The van der Waals surface area contributed by atoms with E-state index in [1.54, 1.807) is 16.7 Å². The molecule has 0 spiro atoms. The van der Waals surface area contributed by atoms with Gasteiger partial charge in [0.05, 0.1) is 0 Å². The molecule has 0 saturated carbocycles. The highest BCUT2D eigenvalue weighted by Crippen LogP contribution is 1.99. The van der Waals surface area contributed by atoms with Crippen molar-refractivity contribution in [2.24, 2.45) is 0 Å². The van der Waals surface area contributed by atoms with Gasteiger partial charge in [-0.3, -0.25) is 4.79 Å². The first-order valence-corrected chi connectivity index (χ1v) is 6.80. The number of hydrogen-bond donors (Lipinski definition) is 1. The molecule has 1 aromatic heterocycles. The molecule has 0 aliphatic rings. The zero-order valence-electron chi connectivity index (χ0n) is 10.2. The van der Waals surface area contributed by atoms with Gasteiger partial charge in [-0.25, -0.2) is 0 Å². The second-order valence-electron chi connectivity index (χ2n) is 4.09. The van der Waals surface area contributed by atoms with E-state index >= 15 is 0 Å². The summed E-state index contributed by atoms with van der Waals surface area (Å²) in [7, 11) is 0. The average molecular weight is 257 g/mol. The van der Waals surface area contributed by atoms with E-state index in [-0.39, 0.29) is 5.56 Å². The number of nitrogens with one attached hydrogen (secondary N) is 1. The van der Waals surface area contributed by atoms with E-state index in [1.165, 1.54) is 19.3 Å². The van der Waals surface area contributed by atoms with Crippen LogP contribution in [0, 0.1) is 0 Å². The Morgan fingerprint density at radius 3 is 2.71 bits per heavy atom. The lowest BCUT2D eigenvalue weighted by Crippen LogP contribution is -2.26. The summed E-state index contributed by atoms with van der Waals surface area (Å²) in [4.78, 5) is 11.4. The number of rotatable bonds is 9. The van der Waals surface area contributed by atoms with Crippen molar-refractivity contribution in [1.82, 2.24) is 9.88 Å². The molecule has 1 aromatic rings. The first kappa shape index (κ1) is 14.3. The molecule has 1 rings (SSSR count). The lowest BCUT2D eigenvalue weighted by Gasteiger charge is -2.06. The average Bonchev–Trinajstić information content (AvgIpc) is 2.35. The van der Waals surface area contributed by atoms with Crippen LogP contribution >= 0.6 is 11.6 Å². The summed E-state index contributed by atoms with van der Waals surface area (Å²) in [6.45, 7) is 2.60. The molecule has 0 unspecified atom stereocenters. The summed E-state index contributed by atoms with van der Waals surface area (Å²) >= 11 is 5.60. The Kier molecular flexibility index (Phi) is 7.76. The molecule has 0 amide bonds. The molecule has 0 atom stereocenters. The van der Waals surface area contributed by atoms with Crippen LogP contribution in [0.15, 0.2) is 29.2 Å².